The highest BCUT2D eigenvalue weighted by atomic mass is 79.9. The summed E-state index contributed by atoms with van der Waals surface area (Å²) >= 11 is 3.33. The molecule has 0 radical (unpaired) electrons. The highest BCUT2D eigenvalue weighted by Gasteiger charge is 2.24. The summed E-state index contributed by atoms with van der Waals surface area (Å²) in [6.45, 7) is 1.91. The van der Waals surface area contributed by atoms with Crippen molar-refractivity contribution in [3.8, 4) is 11.5 Å². The fraction of sp³-hybridized carbons (Fsp3) is 0.417. The number of halogens is 1. The first-order chi connectivity index (χ1) is 8.47. The molecule has 0 aliphatic heterocycles. The van der Waals surface area contributed by atoms with E-state index in [0.717, 1.165) is 5.56 Å². The van der Waals surface area contributed by atoms with Gasteiger partial charge in [-0.05, 0) is 34.0 Å². The van der Waals surface area contributed by atoms with Crippen molar-refractivity contribution in [2.75, 3.05) is 14.2 Å². The molecule has 0 saturated heterocycles. The summed E-state index contributed by atoms with van der Waals surface area (Å²) in [6, 6.07) is 0.579. The Morgan fingerprint density at radius 1 is 1.44 bits per heavy atom. The molecule has 0 amide bonds. The van der Waals surface area contributed by atoms with Gasteiger partial charge in [0.1, 0.15) is 6.04 Å². The second-order valence-corrected chi connectivity index (χ2v) is 4.52. The van der Waals surface area contributed by atoms with Gasteiger partial charge < -0.3 is 20.3 Å². The molecule has 18 heavy (non-hydrogen) atoms. The lowest BCUT2D eigenvalue weighted by Gasteiger charge is -2.19. The van der Waals surface area contributed by atoms with E-state index in [1.807, 2.05) is 6.92 Å². The van der Waals surface area contributed by atoms with Gasteiger partial charge >= 0.3 is 5.97 Å². The van der Waals surface area contributed by atoms with Crippen LogP contribution >= 0.6 is 15.9 Å². The highest BCUT2D eigenvalue weighted by Crippen LogP contribution is 2.41. The third kappa shape index (κ3) is 2.59. The lowest BCUT2D eigenvalue weighted by molar-refractivity contribution is -0.138. The molecule has 0 aliphatic carbocycles. The van der Waals surface area contributed by atoms with E-state index in [4.69, 9.17) is 20.3 Å². The van der Waals surface area contributed by atoms with Crippen molar-refractivity contribution in [1.82, 2.24) is 0 Å². The third-order valence-corrected chi connectivity index (χ3v) is 3.28. The lowest BCUT2D eigenvalue weighted by atomic mass is 9.97. The first-order valence-corrected chi connectivity index (χ1v) is 6.18. The Labute approximate surface area is 114 Å². The van der Waals surface area contributed by atoms with Crippen LogP contribution in [0, 0.1) is 0 Å². The second-order valence-electron chi connectivity index (χ2n) is 3.66. The molecule has 0 aliphatic rings. The van der Waals surface area contributed by atoms with Gasteiger partial charge in [0.2, 0.25) is 0 Å². The molecule has 0 saturated carbocycles. The van der Waals surface area contributed by atoms with Crippen LogP contribution in [-0.2, 0) is 11.2 Å². The third-order valence-electron chi connectivity index (χ3n) is 2.69. The Bertz CT molecular complexity index is 462. The normalized spacial score (nSPS) is 12.1. The van der Waals surface area contributed by atoms with Crippen molar-refractivity contribution in [1.29, 1.82) is 0 Å². The Balaban J connectivity index is 3.53. The summed E-state index contributed by atoms with van der Waals surface area (Å²) in [5, 5.41) is 9.02. The van der Waals surface area contributed by atoms with Crippen molar-refractivity contribution in [3.63, 3.8) is 0 Å². The van der Waals surface area contributed by atoms with E-state index in [2.05, 4.69) is 15.9 Å². The van der Waals surface area contributed by atoms with Crippen LogP contribution in [0.25, 0.3) is 0 Å². The van der Waals surface area contributed by atoms with Crippen LogP contribution < -0.4 is 15.2 Å². The van der Waals surface area contributed by atoms with E-state index in [1.165, 1.54) is 14.2 Å². The number of methoxy groups -OCH3 is 2. The Morgan fingerprint density at radius 2 is 2.00 bits per heavy atom. The molecule has 3 N–H and O–H groups in total. The minimum atomic E-state index is -1.09. The van der Waals surface area contributed by atoms with Crippen LogP contribution in [0.15, 0.2) is 10.5 Å². The monoisotopic (exact) mass is 317 g/mol. The van der Waals surface area contributed by atoms with Crippen LogP contribution in [0.2, 0.25) is 0 Å². The maximum Gasteiger partial charge on any atom is 0.325 e. The number of rotatable bonds is 5. The standard InChI is InChI=1S/C12H16BrNO4/c1-4-6-7(9(14)12(15)16)5-8(13)11(18-3)10(6)17-2/h5,9H,4,14H2,1-3H3,(H,15,16). The van der Waals surface area contributed by atoms with E-state index in [-0.39, 0.29) is 0 Å². The number of benzene rings is 1. The molecule has 0 bridgehead atoms. The summed E-state index contributed by atoms with van der Waals surface area (Å²) in [4.78, 5) is 11.0. The first kappa shape index (κ1) is 14.8. The summed E-state index contributed by atoms with van der Waals surface area (Å²) in [5.41, 5.74) is 6.95. The molecule has 0 spiro atoms. The summed E-state index contributed by atoms with van der Waals surface area (Å²) in [7, 11) is 3.04. The number of aliphatic carboxylic acids is 1. The molecule has 5 nitrogen and oxygen atoms in total. The summed E-state index contributed by atoms with van der Waals surface area (Å²) in [5.74, 6) is -0.0272. The number of carboxylic acid groups (broad SMARTS) is 1. The van der Waals surface area contributed by atoms with Gasteiger partial charge in [-0.15, -0.1) is 0 Å². The largest absolute Gasteiger partial charge is 0.493 e. The molecule has 6 heteroatoms. The van der Waals surface area contributed by atoms with Crippen molar-refractivity contribution >= 4 is 21.9 Å². The molecule has 1 atom stereocenters. The zero-order chi connectivity index (χ0) is 13.9. The van der Waals surface area contributed by atoms with Gasteiger partial charge in [0.25, 0.3) is 0 Å². The molecule has 1 unspecified atom stereocenters. The molecule has 1 aromatic rings. The van der Waals surface area contributed by atoms with Crippen LogP contribution in [0.3, 0.4) is 0 Å². The summed E-state index contributed by atoms with van der Waals surface area (Å²) in [6.07, 6.45) is 0.600. The van der Waals surface area contributed by atoms with Gasteiger partial charge in [-0.1, -0.05) is 6.92 Å². The fourth-order valence-corrected chi connectivity index (χ4v) is 2.44. The predicted molar refractivity (Wildman–Crippen MR) is 71.2 cm³/mol. The van der Waals surface area contributed by atoms with Crippen LogP contribution in [-0.4, -0.2) is 25.3 Å². The number of nitrogens with two attached hydrogens (primary N) is 1. The van der Waals surface area contributed by atoms with E-state index in [9.17, 15) is 4.79 Å². The zero-order valence-corrected chi connectivity index (χ0v) is 12.1. The zero-order valence-electron chi connectivity index (χ0n) is 10.5. The highest BCUT2D eigenvalue weighted by molar-refractivity contribution is 9.10. The number of carboxylic acids is 1. The summed E-state index contributed by atoms with van der Waals surface area (Å²) < 4.78 is 11.2. The number of hydrogen-bond donors (Lipinski definition) is 2. The van der Waals surface area contributed by atoms with Gasteiger partial charge in [0.05, 0.1) is 18.7 Å². The molecular weight excluding hydrogens is 302 g/mol. The van der Waals surface area contributed by atoms with Gasteiger partial charge in [-0.2, -0.15) is 0 Å². The van der Waals surface area contributed by atoms with Crippen LogP contribution in [0.5, 0.6) is 11.5 Å². The Morgan fingerprint density at radius 3 is 2.39 bits per heavy atom. The number of carbonyl (C=O) groups is 1. The van der Waals surface area contributed by atoms with Crippen molar-refractivity contribution in [3.05, 3.63) is 21.7 Å². The Kier molecular flexibility index (Phi) is 4.98. The van der Waals surface area contributed by atoms with E-state index >= 15 is 0 Å². The minimum absolute atomic E-state index is 0.515. The maximum absolute atomic E-state index is 11.0. The van der Waals surface area contributed by atoms with E-state index in [1.54, 1.807) is 6.07 Å². The van der Waals surface area contributed by atoms with Gasteiger partial charge in [-0.3, -0.25) is 4.79 Å². The van der Waals surface area contributed by atoms with Crippen LogP contribution in [0.4, 0.5) is 0 Å². The van der Waals surface area contributed by atoms with Gasteiger partial charge in [0, 0.05) is 5.56 Å². The SMILES string of the molecule is CCc1c(C(N)C(=O)O)cc(Br)c(OC)c1OC. The first-order valence-electron chi connectivity index (χ1n) is 5.39. The minimum Gasteiger partial charge on any atom is -0.493 e. The van der Waals surface area contributed by atoms with Gasteiger partial charge in [-0.25, -0.2) is 0 Å². The average molecular weight is 318 g/mol. The molecule has 1 aromatic carbocycles. The molecule has 0 fully saturated rings. The number of hydrogen-bond acceptors (Lipinski definition) is 4. The van der Waals surface area contributed by atoms with E-state index in [0.29, 0.717) is 28.0 Å². The maximum atomic E-state index is 11.0. The predicted octanol–water partition coefficient (Wildman–Crippen LogP) is 2.11. The fourth-order valence-electron chi connectivity index (χ4n) is 1.85. The Hall–Kier alpha value is -1.27. The van der Waals surface area contributed by atoms with Gasteiger partial charge in [0.15, 0.2) is 11.5 Å². The molecule has 100 valence electrons. The van der Waals surface area contributed by atoms with Crippen molar-refractivity contribution in [2.45, 2.75) is 19.4 Å². The average Bonchev–Trinajstić information content (AvgIpc) is 2.35. The molecule has 0 heterocycles. The molecule has 1 rings (SSSR count). The smallest absolute Gasteiger partial charge is 0.325 e. The van der Waals surface area contributed by atoms with Crippen molar-refractivity contribution in [2.24, 2.45) is 5.73 Å². The second kappa shape index (κ2) is 6.06. The van der Waals surface area contributed by atoms with E-state index < -0.39 is 12.0 Å². The number of ether oxygens (including phenoxy) is 2. The molecule has 0 aromatic heterocycles. The topological polar surface area (TPSA) is 81.8 Å². The van der Waals surface area contributed by atoms with Crippen LogP contribution in [0.1, 0.15) is 24.1 Å². The molecular formula is C12H16BrNO4. The quantitative estimate of drug-likeness (QED) is 0.869. The lowest BCUT2D eigenvalue weighted by Crippen LogP contribution is -2.22. The van der Waals surface area contributed by atoms with Crippen molar-refractivity contribution < 1.29 is 19.4 Å².